The summed E-state index contributed by atoms with van der Waals surface area (Å²) in [4.78, 5) is 21.2. The van der Waals surface area contributed by atoms with Crippen molar-refractivity contribution < 1.29 is 13.9 Å². The third-order valence-electron chi connectivity index (χ3n) is 5.55. The Kier molecular flexibility index (Phi) is 5.52. The van der Waals surface area contributed by atoms with Crippen LogP contribution in [0.5, 0.6) is 0 Å². The van der Waals surface area contributed by atoms with Crippen molar-refractivity contribution in [3.8, 4) is 0 Å². The minimum absolute atomic E-state index is 0.142. The van der Waals surface area contributed by atoms with Crippen molar-refractivity contribution in [2.24, 2.45) is 0 Å². The van der Waals surface area contributed by atoms with Crippen LogP contribution in [0.15, 0.2) is 35.2 Å². The zero-order valence-corrected chi connectivity index (χ0v) is 16.1. The van der Waals surface area contributed by atoms with Gasteiger partial charge in [-0.3, -0.25) is 9.69 Å². The lowest BCUT2D eigenvalue weighted by atomic mass is 9.87. The molecule has 0 N–H and O–H groups in total. The molecule has 0 aliphatic carbocycles. The Morgan fingerprint density at radius 3 is 2.74 bits per heavy atom. The summed E-state index contributed by atoms with van der Waals surface area (Å²) in [6, 6.07) is 6.92. The van der Waals surface area contributed by atoms with Crippen LogP contribution in [0, 0.1) is 5.82 Å². The van der Waals surface area contributed by atoms with Gasteiger partial charge in [0.2, 0.25) is 5.91 Å². The lowest BCUT2D eigenvalue weighted by Crippen LogP contribution is -2.47. The van der Waals surface area contributed by atoms with Gasteiger partial charge in [0.25, 0.3) is 0 Å². The van der Waals surface area contributed by atoms with Crippen LogP contribution < -0.4 is 0 Å². The minimum Gasteiger partial charge on any atom is -0.373 e. The van der Waals surface area contributed by atoms with Gasteiger partial charge in [0, 0.05) is 37.1 Å². The second kappa shape index (κ2) is 8.04. The first kappa shape index (κ1) is 18.5. The third kappa shape index (κ3) is 4.36. The van der Waals surface area contributed by atoms with E-state index in [0.29, 0.717) is 32.7 Å². The molecule has 2 aliphatic rings. The molecule has 0 radical (unpaired) electrons. The van der Waals surface area contributed by atoms with Crippen molar-refractivity contribution in [1.82, 2.24) is 14.8 Å². The molecule has 0 bridgehead atoms. The minimum atomic E-state index is -0.375. The molecule has 1 spiro atoms. The quantitative estimate of drug-likeness (QED) is 0.806. The number of rotatable bonds is 4. The molecule has 0 atom stereocenters. The first-order valence-corrected chi connectivity index (χ1v) is 10.3. The van der Waals surface area contributed by atoms with Crippen LogP contribution in [-0.2, 0) is 22.6 Å². The van der Waals surface area contributed by atoms with E-state index < -0.39 is 0 Å². The van der Waals surface area contributed by atoms with Crippen molar-refractivity contribution in [1.29, 1.82) is 0 Å². The number of aromatic nitrogens is 1. The number of piperidine rings is 1. The van der Waals surface area contributed by atoms with Gasteiger partial charge in [-0.2, -0.15) is 0 Å². The van der Waals surface area contributed by atoms with E-state index in [1.54, 1.807) is 22.9 Å². The maximum atomic E-state index is 13.9. The first-order chi connectivity index (χ1) is 13.1. The van der Waals surface area contributed by atoms with Crippen molar-refractivity contribution in [3.63, 3.8) is 0 Å². The molecular formula is C20H24FN3O2S. The molecule has 7 heteroatoms. The van der Waals surface area contributed by atoms with Gasteiger partial charge in [0.1, 0.15) is 5.82 Å². The van der Waals surface area contributed by atoms with Crippen LogP contribution in [0.2, 0.25) is 0 Å². The highest BCUT2D eigenvalue weighted by Gasteiger charge is 2.40. The fourth-order valence-electron chi connectivity index (χ4n) is 3.92. The Morgan fingerprint density at radius 1 is 1.19 bits per heavy atom. The van der Waals surface area contributed by atoms with Crippen LogP contribution in [0.4, 0.5) is 4.39 Å². The summed E-state index contributed by atoms with van der Waals surface area (Å²) >= 11 is 1.55. The summed E-state index contributed by atoms with van der Waals surface area (Å²) in [6.07, 6.45) is 2.03. The molecule has 3 heterocycles. The smallest absolute Gasteiger partial charge is 0.225 e. The number of thiazole rings is 1. The van der Waals surface area contributed by atoms with Gasteiger partial charge in [0.15, 0.2) is 0 Å². The van der Waals surface area contributed by atoms with Crippen molar-refractivity contribution >= 4 is 17.2 Å². The topological polar surface area (TPSA) is 45.7 Å². The molecule has 1 amide bonds. The summed E-state index contributed by atoms with van der Waals surface area (Å²) in [5.41, 5.74) is 3.07. The summed E-state index contributed by atoms with van der Waals surface area (Å²) in [6.45, 7) is 3.95. The SMILES string of the molecule is O=C1CC2(CCN(Cc3ccccc3F)CC2)OCCN1Cc1cscn1. The molecule has 5 nitrogen and oxygen atoms in total. The number of hydrogen-bond donors (Lipinski definition) is 0. The summed E-state index contributed by atoms with van der Waals surface area (Å²) < 4.78 is 20.1. The average molecular weight is 389 g/mol. The monoisotopic (exact) mass is 389 g/mol. The van der Waals surface area contributed by atoms with E-state index in [-0.39, 0.29) is 17.3 Å². The highest BCUT2D eigenvalue weighted by atomic mass is 32.1. The molecule has 0 saturated carbocycles. The highest BCUT2D eigenvalue weighted by Crippen LogP contribution is 2.33. The zero-order chi connectivity index (χ0) is 18.7. The largest absolute Gasteiger partial charge is 0.373 e. The van der Waals surface area contributed by atoms with Gasteiger partial charge in [-0.25, -0.2) is 9.37 Å². The van der Waals surface area contributed by atoms with Crippen molar-refractivity contribution in [2.75, 3.05) is 26.2 Å². The summed E-state index contributed by atoms with van der Waals surface area (Å²) in [5.74, 6) is -0.0144. The number of hydrogen-bond acceptors (Lipinski definition) is 5. The summed E-state index contributed by atoms with van der Waals surface area (Å²) in [5, 5.41) is 1.98. The van der Waals surface area contributed by atoms with E-state index in [2.05, 4.69) is 9.88 Å². The molecule has 2 fully saturated rings. The predicted molar refractivity (Wildman–Crippen MR) is 102 cm³/mol. The van der Waals surface area contributed by atoms with E-state index >= 15 is 0 Å². The van der Waals surface area contributed by atoms with Gasteiger partial charge < -0.3 is 9.64 Å². The average Bonchev–Trinajstić information content (AvgIpc) is 3.12. The molecular weight excluding hydrogens is 365 g/mol. The molecule has 1 aromatic carbocycles. The molecule has 1 aromatic heterocycles. The van der Waals surface area contributed by atoms with E-state index in [0.717, 1.165) is 37.2 Å². The number of halogens is 1. The number of ether oxygens (including phenoxy) is 1. The fraction of sp³-hybridized carbons (Fsp3) is 0.500. The number of likely N-dealkylation sites (tertiary alicyclic amines) is 1. The normalized spacial score (nSPS) is 20.8. The molecule has 27 heavy (non-hydrogen) atoms. The number of carbonyl (C=O) groups is 1. The zero-order valence-electron chi connectivity index (χ0n) is 15.3. The maximum absolute atomic E-state index is 13.9. The number of nitrogens with zero attached hydrogens (tertiary/aromatic N) is 3. The number of carbonyl (C=O) groups excluding carboxylic acids is 1. The van der Waals surface area contributed by atoms with Gasteiger partial charge in [-0.05, 0) is 18.9 Å². The predicted octanol–water partition coefficient (Wildman–Crippen LogP) is 3.07. The van der Waals surface area contributed by atoms with Crippen LogP contribution >= 0.6 is 11.3 Å². The Hall–Kier alpha value is -1.83. The Bertz CT molecular complexity index is 775. The van der Waals surface area contributed by atoms with E-state index in [1.807, 2.05) is 22.4 Å². The van der Waals surface area contributed by atoms with E-state index in [9.17, 15) is 9.18 Å². The molecule has 0 unspecified atom stereocenters. The van der Waals surface area contributed by atoms with E-state index in [1.165, 1.54) is 6.07 Å². The highest BCUT2D eigenvalue weighted by molar-refractivity contribution is 7.07. The molecule has 144 valence electrons. The van der Waals surface area contributed by atoms with Crippen LogP contribution in [-0.4, -0.2) is 52.5 Å². The van der Waals surface area contributed by atoms with Gasteiger partial charge in [0.05, 0.1) is 36.4 Å². The standard InChI is InChI=1S/C20H24FN3O2S/c21-18-4-2-1-3-16(18)12-23-7-5-20(6-8-23)11-19(25)24(9-10-26-20)13-17-14-27-15-22-17/h1-4,14-15H,5-13H2. The first-order valence-electron chi connectivity index (χ1n) is 9.38. The molecule has 2 aliphatic heterocycles. The van der Waals surface area contributed by atoms with Crippen LogP contribution in [0.25, 0.3) is 0 Å². The van der Waals surface area contributed by atoms with Crippen LogP contribution in [0.3, 0.4) is 0 Å². The third-order valence-corrected chi connectivity index (χ3v) is 6.19. The van der Waals surface area contributed by atoms with Gasteiger partial charge in [-0.1, -0.05) is 18.2 Å². The molecule has 2 aromatic rings. The second-order valence-corrected chi connectivity index (χ2v) is 8.09. The summed E-state index contributed by atoms with van der Waals surface area (Å²) in [7, 11) is 0. The Morgan fingerprint density at radius 2 is 2.00 bits per heavy atom. The molecule has 4 rings (SSSR count). The maximum Gasteiger partial charge on any atom is 0.225 e. The van der Waals surface area contributed by atoms with Gasteiger partial charge in [-0.15, -0.1) is 11.3 Å². The second-order valence-electron chi connectivity index (χ2n) is 7.37. The Labute approximate surface area is 162 Å². The lowest BCUT2D eigenvalue weighted by molar-refractivity contribution is -0.136. The number of amides is 1. The van der Waals surface area contributed by atoms with Crippen molar-refractivity contribution in [2.45, 2.75) is 38.0 Å². The Balaban J connectivity index is 1.35. The van der Waals surface area contributed by atoms with Gasteiger partial charge >= 0.3 is 0 Å². The molecule has 2 saturated heterocycles. The lowest BCUT2D eigenvalue weighted by Gasteiger charge is -2.40. The van der Waals surface area contributed by atoms with E-state index in [4.69, 9.17) is 4.74 Å². The van der Waals surface area contributed by atoms with Crippen LogP contribution in [0.1, 0.15) is 30.5 Å². The van der Waals surface area contributed by atoms with Crippen molar-refractivity contribution in [3.05, 3.63) is 52.2 Å². The number of benzene rings is 1. The fourth-order valence-corrected chi connectivity index (χ4v) is 4.47.